The number of H-pyrrole nitrogens is 1. The molecule has 1 aromatic carbocycles. The fraction of sp³-hybridized carbons (Fsp3) is 0.167. The summed E-state index contributed by atoms with van der Waals surface area (Å²) in [6.07, 6.45) is -9.89. The zero-order valence-corrected chi connectivity index (χ0v) is 12.2. The van der Waals surface area contributed by atoms with Crippen molar-refractivity contribution in [3.63, 3.8) is 0 Å². The van der Waals surface area contributed by atoms with Crippen LogP contribution >= 0.6 is 27.5 Å². The number of halogens is 8. The molecule has 0 saturated heterocycles. The molecule has 0 radical (unpaired) electrons. The van der Waals surface area contributed by atoms with Crippen LogP contribution in [0, 0.1) is 0 Å². The first-order chi connectivity index (χ1) is 9.51. The van der Waals surface area contributed by atoms with Gasteiger partial charge in [0.25, 0.3) is 0 Å². The lowest BCUT2D eigenvalue weighted by Gasteiger charge is -2.09. The number of aromatic amines is 1. The minimum atomic E-state index is -4.95. The summed E-state index contributed by atoms with van der Waals surface area (Å²) in [4.78, 5) is 1.80. The third kappa shape index (κ3) is 3.21. The number of rotatable bonds is 1. The summed E-state index contributed by atoms with van der Waals surface area (Å²) in [6, 6.07) is 4.99. The van der Waals surface area contributed by atoms with Crippen molar-refractivity contribution in [3.05, 3.63) is 45.0 Å². The van der Waals surface area contributed by atoms with E-state index in [0.29, 0.717) is 0 Å². The first kappa shape index (κ1) is 16.2. The van der Waals surface area contributed by atoms with E-state index in [1.54, 1.807) is 4.98 Å². The lowest BCUT2D eigenvalue weighted by Crippen LogP contribution is -2.08. The van der Waals surface area contributed by atoms with Crippen molar-refractivity contribution in [1.29, 1.82) is 0 Å². The van der Waals surface area contributed by atoms with Crippen LogP contribution in [-0.2, 0) is 12.4 Å². The number of alkyl halides is 6. The van der Waals surface area contributed by atoms with Gasteiger partial charge in [-0.2, -0.15) is 26.3 Å². The molecule has 0 fully saturated rings. The highest BCUT2D eigenvalue weighted by molar-refractivity contribution is 9.10. The SMILES string of the molecule is FC(F)(F)c1[nH]c(-c2ccc(Cl)cc2)c(C(F)(F)F)c1Br. The monoisotopic (exact) mass is 391 g/mol. The van der Waals surface area contributed by atoms with Gasteiger partial charge < -0.3 is 4.98 Å². The quantitative estimate of drug-likeness (QED) is 0.562. The number of aromatic nitrogens is 1. The molecule has 1 aromatic heterocycles. The van der Waals surface area contributed by atoms with Crippen molar-refractivity contribution in [2.75, 3.05) is 0 Å². The Hall–Kier alpha value is -1.15. The second-order valence-corrected chi connectivity index (χ2v) is 5.30. The molecule has 0 atom stereocenters. The largest absolute Gasteiger partial charge is 0.432 e. The number of benzene rings is 1. The van der Waals surface area contributed by atoms with Crippen LogP contribution in [-0.4, -0.2) is 4.98 Å². The van der Waals surface area contributed by atoms with Crippen molar-refractivity contribution < 1.29 is 26.3 Å². The first-order valence-corrected chi connectivity index (χ1v) is 6.50. The van der Waals surface area contributed by atoms with E-state index in [1.165, 1.54) is 24.3 Å². The summed E-state index contributed by atoms with van der Waals surface area (Å²) in [6.45, 7) is 0. The molecular formula is C12H5BrClF6N. The maximum Gasteiger partial charge on any atom is 0.432 e. The lowest BCUT2D eigenvalue weighted by molar-refractivity contribution is -0.143. The molecule has 0 unspecified atom stereocenters. The molecule has 1 nitrogen and oxygen atoms in total. The van der Waals surface area contributed by atoms with Gasteiger partial charge in [0, 0.05) is 5.02 Å². The van der Waals surface area contributed by atoms with Crippen LogP contribution in [0.1, 0.15) is 11.3 Å². The van der Waals surface area contributed by atoms with Gasteiger partial charge in [0.15, 0.2) is 0 Å². The van der Waals surface area contributed by atoms with Gasteiger partial charge in [0.05, 0.1) is 15.7 Å². The van der Waals surface area contributed by atoms with Crippen LogP contribution in [0.4, 0.5) is 26.3 Å². The standard InChI is InChI=1S/C12H5BrClF6N/c13-8-7(11(15,16)17)9(21-10(8)12(18,19)20)5-1-3-6(14)4-2-5/h1-4,21H. The Morgan fingerprint density at radius 2 is 1.43 bits per heavy atom. The Bertz CT molecular complexity index is 656. The summed E-state index contributed by atoms with van der Waals surface area (Å²) < 4.78 is 76.3. The summed E-state index contributed by atoms with van der Waals surface area (Å²) in [5, 5.41) is 0.258. The molecule has 2 rings (SSSR count). The Labute approximate surface area is 128 Å². The van der Waals surface area contributed by atoms with E-state index < -0.39 is 33.8 Å². The van der Waals surface area contributed by atoms with Crippen molar-refractivity contribution in [3.8, 4) is 11.3 Å². The van der Waals surface area contributed by atoms with Crippen LogP contribution in [0.25, 0.3) is 11.3 Å². The van der Waals surface area contributed by atoms with Crippen molar-refractivity contribution >= 4 is 27.5 Å². The topological polar surface area (TPSA) is 15.8 Å². The van der Waals surface area contributed by atoms with Crippen LogP contribution in [0.15, 0.2) is 28.7 Å². The minimum absolute atomic E-state index is 0.0528. The molecule has 0 bridgehead atoms. The smallest absolute Gasteiger partial charge is 0.350 e. The van der Waals surface area contributed by atoms with E-state index in [2.05, 4.69) is 15.9 Å². The predicted molar refractivity (Wildman–Crippen MR) is 68.9 cm³/mol. The highest BCUT2D eigenvalue weighted by Crippen LogP contribution is 2.47. The molecule has 2 aromatic rings. The minimum Gasteiger partial charge on any atom is -0.350 e. The van der Waals surface area contributed by atoms with Gasteiger partial charge in [-0.25, -0.2) is 0 Å². The van der Waals surface area contributed by atoms with Crippen LogP contribution in [0.5, 0.6) is 0 Å². The summed E-state index contributed by atoms with van der Waals surface area (Å²) in [5.41, 5.74) is -3.61. The molecule has 0 amide bonds. The Kier molecular flexibility index (Phi) is 4.05. The Balaban J connectivity index is 2.73. The van der Waals surface area contributed by atoms with E-state index >= 15 is 0 Å². The van der Waals surface area contributed by atoms with Gasteiger partial charge in [-0.05, 0) is 33.6 Å². The van der Waals surface area contributed by atoms with E-state index in [4.69, 9.17) is 11.6 Å². The fourth-order valence-electron chi connectivity index (χ4n) is 1.77. The normalized spacial score (nSPS) is 12.8. The maximum absolute atomic E-state index is 13.0. The van der Waals surface area contributed by atoms with E-state index in [9.17, 15) is 26.3 Å². The summed E-state index contributed by atoms with van der Waals surface area (Å²) >= 11 is 8.00. The zero-order chi connectivity index (χ0) is 16.0. The molecule has 114 valence electrons. The van der Waals surface area contributed by atoms with Crippen LogP contribution in [0.2, 0.25) is 5.02 Å². The maximum atomic E-state index is 13.0. The van der Waals surface area contributed by atoms with E-state index in [1.807, 2.05) is 0 Å². The molecule has 0 spiro atoms. The van der Waals surface area contributed by atoms with Crippen molar-refractivity contribution in [2.24, 2.45) is 0 Å². The highest BCUT2D eigenvalue weighted by Gasteiger charge is 2.45. The average molecular weight is 393 g/mol. The second kappa shape index (κ2) is 5.24. The molecule has 9 heteroatoms. The fourth-order valence-corrected chi connectivity index (χ4v) is 2.64. The molecular weight excluding hydrogens is 387 g/mol. The Morgan fingerprint density at radius 3 is 1.86 bits per heavy atom. The Morgan fingerprint density at radius 1 is 0.905 bits per heavy atom. The molecule has 1 heterocycles. The predicted octanol–water partition coefficient (Wildman–Crippen LogP) is 6.14. The van der Waals surface area contributed by atoms with Crippen LogP contribution in [0.3, 0.4) is 0 Å². The van der Waals surface area contributed by atoms with Gasteiger partial charge in [0.1, 0.15) is 5.69 Å². The summed E-state index contributed by atoms with van der Waals surface area (Å²) in [7, 11) is 0. The van der Waals surface area contributed by atoms with Gasteiger partial charge in [0.2, 0.25) is 0 Å². The molecule has 21 heavy (non-hydrogen) atoms. The molecule has 0 aliphatic heterocycles. The molecule has 0 aliphatic carbocycles. The number of hydrogen-bond acceptors (Lipinski definition) is 0. The molecule has 0 aliphatic rings. The highest BCUT2D eigenvalue weighted by atomic mass is 79.9. The van der Waals surface area contributed by atoms with Crippen LogP contribution < -0.4 is 0 Å². The van der Waals surface area contributed by atoms with Gasteiger partial charge in [-0.3, -0.25) is 0 Å². The molecule has 0 saturated carbocycles. The first-order valence-electron chi connectivity index (χ1n) is 5.33. The van der Waals surface area contributed by atoms with E-state index in [-0.39, 0.29) is 10.6 Å². The van der Waals surface area contributed by atoms with Gasteiger partial charge >= 0.3 is 12.4 Å². The van der Waals surface area contributed by atoms with Crippen molar-refractivity contribution in [1.82, 2.24) is 4.98 Å². The van der Waals surface area contributed by atoms with E-state index in [0.717, 1.165) is 0 Å². The zero-order valence-electron chi connectivity index (χ0n) is 9.83. The average Bonchev–Trinajstić information content (AvgIpc) is 2.67. The van der Waals surface area contributed by atoms with Gasteiger partial charge in [-0.15, -0.1) is 0 Å². The third-order valence-corrected chi connectivity index (χ3v) is 3.68. The number of hydrogen-bond donors (Lipinski definition) is 1. The third-order valence-electron chi connectivity index (χ3n) is 2.64. The molecule has 1 N–H and O–H groups in total. The summed E-state index contributed by atoms with van der Waals surface area (Å²) in [5.74, 6) is 0. The lowest BCUT2D eigenvalue weighted by atomic mass is 10.1. The van der Waals surface area contributed by atoms with Crippen molar-refractivity contribution in [2.45, 2.75) is 12.4 Å². The number of nitrogens with one attached hydrogen (secondary N) is 1. The van der Waals surface area contributed by atoms with Gasteiger partial charge in [-0.1, -0.05) is 23.7 Å². The second-order valence-electron chi connectivity index (χ2n) is 4.07.